The highest BCUT2D eigenvalue weighted by molar-refractivity contribution is 7.18. The molecule has 0 spiro atoms. The lowest BCUT2D eigenvalue weighted by molar-refractivity contribution is -0.380. The van der Waals surface area contributed by atoms with Crippen LogP contribution in [0.3, 0.4) is 0 Å². The number of rotatable bonds is 5. The number of nitro groups is 1. The van der Waals surface area contributed by atoms with Crippen LogP contribution in [0.25, 0.3) is 0 Å². The molecule has 1 aliphatic heterocycles. The molecule has 0 unspecified atom stereocenters. The lowest BCUT2D eigenvalue weighted by Gasteiger charge is -2.34. The van der Waals surface area contributed by atoms with Crippen molar-refractivity contribution in [1.82, 2.24) is 9.88 Å². The molecule has 0 atom stereocenters. The van der Waals surface area contributed by atoms with Crippen LogP contribution >= 0.6 is 11.3 Å². The van der Waals surface area contributed by atoms with Gasteiger partial charge in [0.05, 0.1) is 4.92 Å². The van der Waals surface area contributed by atoms with Crippen molar-refractivity contribution in [3.05, 3.63) is 51.7 Å². The third-order valence-corrected chi connectivity index (χ3v) is 4.98. The maximum absolute atomic E-state index is 10.7. The SMILES string of the molecule is NCc1ccc(CN2CCN(c3ncc([N+](=O)[O-])s3)CC2)cc1. The van der Waals surface area contributed by atoms with Crippen molar-refractivity contribution in [3.8, 4) is 0 Å². The van der Waals surface area contributed by atoms with E-state index in [2.05, 4.69) is 39.0 Å². The van der Waals surface area contributed by atoms with Crippen LogP contribution in [0.4, 0.5) is 10.1 Å². The normalized spacial score (nSPS) is 15.8. The van der Waals surface area contributed by atoms with Gasteiger partial charge in [-0.3, -0.25) is 15.0 Å². The van der Waals surface area contributed by atoms with Gasteiger partial charge in [-0.25, -0.2) is 4.98 Å². The number of nitrogens with two attached hydrogens (primary N) is 1. The minimum atomic E-state index is -0.386. The van der Waals surface area contributed by atoms with Gasteiger partial charge in [-0.05, 0) is 22.5 Å². The largest absolute Gasteiger partial charge is 0.345 e. The molecule has 1 aliphatic rings. The van der Waals surface area contributed by atoms with Gasteiger partial charge in [0.25, 0.3) is 0 Å². The first-order valence-corrected chi connectivity index (χ1v) is 8.33. The van der Waals surface area contributed by atoms with E-state index in [1.807, 2.05) is 0 Å². The Labute approximate surface area is 138 Å². The summed E-state index contributed by atoms with van der Waals surface area (Å²) in [7, 11) is 0. The van der Waals surface area contributed by atoms with Crippen LogP contribution < -0.4 is 10.6 Å². The summed E-state index contributed by atoms with van der Waals surface area (Å²) in [5, 5.41) is 11.6. The summed E-state index contributed by atoms with van der Waals surface area (Å²) < 4.78 is 0. The molecular formula is C15H19N5O2S. The lowest BCUT2D eigenvalue weighted by Crippen LogP contribution is -2.45. The molecule has 2 heterocycles. The number of benzene rings is 1. The number of thiazole rings is 1. The second-order valence-corrected chi connectivity index (χ2v) is 6.51. The summed E-state index contributed by atoms with van der Waals surface area (Å²) in [6.07, 6.45) is 1.34. The fourth-order valence-electron chi connectivity index (χ4n) is 2.62. The molecule has 3 rings (SSSR count). The van der Waals surface area contributed by atoms with Gasteiger partial charge in [0, 0.05) is 39.3 Å². The van der Waals surface area contributed by atoms with Crippen LogP contribution in [0, 0.1) is 10.1 Å². The zero-order valence-corrected chi connectivity index (χ0v) is 13.5. The third-order valence-electron chi connectivity index (χ3n) is 3.97. The second-order valence-electron chi connectivity index (χ2n) is 5.52. The van der Waals surface area contributed by atoms with Gasteiger partial charge in [-0.1, -0.05) is 24.3 Å². The van der Waals surface area contributed by atoms with Crippen LogP contribution in [0.1, 0.15) is 11.1 Å². The number of hydrogen-bond donors (Lipinski definition) is 1. The molecular weight excluding hydrogens is 314 g/mol. The van der Waals surface area contributed by atoms with Gasteiger partial charge in [-0.2, -0.15) is 0 Å². The van der Waals surface area contributed by atoms with E-state index in [1.54, 1.807) is 0 Å². The van der Waals surface area contributed by atoms with Gasteiger partial charge in [0.2, 0.25) is 0 Å². The number of anilines is 1. The van der Waals surface area contributed by atoms with Crippen LogP contribution in [0.15, 0.2) is 30.5 Å². The van der Waals surface area contributed by atoms with Gasteiger partial charge >= 0.3 is 5.00 Å². The van der Waals surface area contributed by atoms with Crippen molar-refractivity contribution < 1.29 is 4.92 Å². The minimum Gasteiger partial charge on any atom is -0.345 e. The molecule has 0 amide bonds. The molecule has 122 valence electrons. The van der Waals surface area contributed by atoms with Crippen LogP contribution in [-0.2, 0) is 13.1 Å². The molecule has 0 saturated carbocycles. The maximum Gasteiger partial charge on any atom is 0.345 e. The Balaban J connectivity index is 1.54. The van der Waals surface area contributed by atoms with E-state index in [0.29, 0.717) is 6.54 Å². The smallest absolute Gasteiger partial charge is 0.345 e. The monoisotopic (exact) mass is 333 g/mol. The van der Waals surface area contributed by atoms with Crippen molar-refractivity contribution in [2.24, 2.45) is 5.73 Å². The number of piperazine rings is 1. The van der Waals surface area contributed by atoms with Crippen LogP contribution in [-0.4, -0.2) is 41.0 Å². The molecule has 1 aromatic heterocycles. The van der Waals surface area contributed by atoms with Crippen molar-refractivity contribution in [1.29, 1.82) is 0 Å². The highest BCUT2D eigenvalue weighted by Gasteiger charge is 2.21. The van der Waals surface area contributed by atoms with Crippen molar-refractivity contribution >= 4 is 21.5 Å². The highest BCUT2D eigenvalue weighted by Crippen LogP contribution is 2.28. The average molecular weight is 333 g/mol. The van der Waals surface area contributed by atoms with Crippen molar-refractivity contribution in [2.75, 3.05) is 31.1 Å². The molecule has 0 radical (unpaired) electrons. The zero-order valence-electron chi connectivity index (χ0n) is 12.7. The van der Waals surface area contributed by atoms with E-state index in [4.69, 9.17) is 5.73 Å². The Hall–Kier alpha value is -2.03. The Morgan fingerprint density at radius 2 is 1.83 bits per heavy atom. The third kappa shape index (κ3) is 3.84. The maximum atomic E-state index is 10.7. The Kier molecular flexibility index (Phi) is 4.85. The molecule has 1 saturated heterocycles. The van der Waals surface area contributed by atoms with E-state index >= 15 is 0 Å². The van der Waals surface area contributed by atoms with Crippen molar-refractivity contribution in [2.45, 2.75) is 13.1 Å². The quantitative estimate of drug-likeness (QED) is 0.663. The molecule has 23 heavy (non-hydrogen) atoms. The summed E-state index contributed by atoms with van der Waals surface area (Å²) in [6, 6.07) is 8.39. The predicted molar refractivity (Wildman–Crippen MR) is 90.6 cm³/mol. The lowest BCUT2D eigenvalue weighted by atomic mass is 10.1. The fourth-order valence-corrected chi connectivity index (χ4v) is 3.41. The van der Waals surface area contributed by atoms with Crippen LogP contribution in [0.5, 0.6) is 0 Å². The molecule has 1 fully saturated rings. The van der Waals surface area contributed by atoms with Gasteiger partial charge in [0.15, 0.2) is 5.13 Å². The van der Waals surface area contributed by atoms with Gasteiger partial charge in [0.1, 0.15) is 6.20 Å². The number of aromatic nitrogens is 1. The van der Waals surface area contributed by atoms with E-state index < -0.39 is 0 Å². The molecule has 8 heteroatoms. The Morgan fingerprint density at radius 3 is 2.39 bits per heavy atom. The Bertz CT molecular complexity index is 665. The van der Waals surface area contributed by atoms with Gasteiger partial charge in [-0.15, -0.1) is 0 Å². The topological polar surface area (TPSA) is 88.5 Å². The molecule has 0 aliphatic carbocycles. The predicted octanol–water partition coefficient (Wildman–Crippen LogP) is 1.83. The highest BCUT2D eigenvalue weighted by atomic mass is 32.1. The number of hydrogen-bond acceptors (Lipinski definition) is 7. The van der Waals surface area contributed by atoms with Crippen molar-refractivity contribution in [3.63, 3.8) is 0 Å². The molecule has 2 aromatic rings. The standard InChI is InChI=1S/C15H19N5O2S/c16-9-12-1-3-13(4-2-12)11-18-5-7-19(8-6-18)15-17-10-14(23-15)20(21)22/h1-4,10H,5-9,11,16H2. The number of nitrogens with zero attached hydrogens (tertiary/aromatic N) is 4. The molecule has 1 aromatic carbocycles. The zero-order chi connectivity index (χ0) is 16.2. The average Bonchev–Trinajstić information content (AvgIpc) is 3.07. The van der Waals surface area contributed by atoms with Crippen LogP contribution in [0.2, 0.25) is 0 Å². The summed E-state index contributed by atoms with van der Waals surface area (Å²) in [4.78, 5) is 19.0. The van der Waals surface area contributed by atoms with E-state index in [9.17, 15) is 10.1 Å². The Morgan fingerprint density at radius 1 is 1.17 bits per heavy atom. The summed E-state index contributed by atoms with van der Waals surface area (Å²) in [6.45, 7) is 5.00. The van der Waals surface area contributed by atoms with E-state index in [-0.39, 0.29) is 9.92 Å². The second kappa shape index (κ2) is 7.03. The molecule has 7 nitrogen and oxygen atoms in total. The van der Waals surface area contributed by atoms with Gasteiger partial charge < -0.3 is 10.6 Å². The van der Waals surface area contributed by atoms with E-state index in [0.717, 1.165) is 54.8 Å². The first-order valence-electron chi connectivity index (χ1n) is 7.51. The summed E-state index contributed by atoms with van der Waals surface area (Å²) in [5.74, 6) is 0. The summed E-state index contributed by atoms with van der Waals surface area (Å²) >= 11 is 1.14. The first-order chi connectivity index (χ1) is 11.2. The summed E-state index contributed by atoms with van der Waals surface area (Å²) in [5.41, 5.74) is 8.03. The molecule has 0 bridgehead atoms. The molecule has 2 N–H and O–H groups in total. The minimum absolute atomic E-state index is 0.0995. The fraction of sp³-hybridized carbons (Fsp3) is 0.400. The van der Waals surface area contributed by atoms with E-state index in [1.165, 1.54) is 11.8 Å². The first kappa shape index (κ1) is 15.9.